The van der Waals surface area contributed by atoms with Crippen LogP contribution in [0, 0.1) is 5.92 Å². The number of hydrogen-bond acceptors (Lipinski definition) is 2. The van der Waals surface area contributed by atoms with Crippen LogP contribution in [0.1, 0.15) is 26.2 Å². The normalized spacial score (nSPS) is 21.0. The Morgan fingerprint density at radius 2 is 2.30 bits per heavy atom. The second kappa shape index (κ2) is 3.94. The fourth-order valence-corrected chi connectivity index (χ4v) is 0.910. The number of hydrogen-bond donors (Lipinski definition) is 1. The van der Waals surface area contributed by atoms with Crippen LogP contribution < -0.4 is 5.73 Å². The molecule has 2 N–H and O–H groups in total. The first-order chi connectivity index (χ1) is 4.83. The highest BCUT2D eigenvalue weighted by Gasteiger charge is 2.20. The first kappa shape index (κ1) is 8.02. The van der Waals surface area contributed by atoms with E-state index in [1.165, 1.54) is 19.3 Å². The summed E-state index contributed by atoms with van der Waals surface area (Å²) in [5, 5.41) is 0. The molecule has 0 bridgehead atoms. The fourth-order valence-electron chi connectivity index (χ4n) is 0.910. The lowest BCUT2D eigenvalue weighted by molar-refractivity contribution is 0.0676. The van der Waals surface area contributed by atoms with Gasteiger partial charge in [0, 0.05) is 13.2 Å². The zero-order valence-electron chi connectivity index (χ0n) is 6.68. The summed E-state index contributed by atoms with van der Waals surface area (Å²) in [6, 6.07) is 0. The summed E-state index contributed by atoms with van der Waals surface area (Å²) in [7, 11) is 0. The van der Waals surface area contributed by atoms with Gasteiger partial charge in [0.25, 0.3) is 0 Å². The summed E-state index contributed by atoms with van der Waals surface area (Å²) in [4.78, 5) is 0. The van der Waals surface area contributed by atoms with Gasteiger partial charge < -0.3 is 10.5 Å². The maximum absolute atomic E-state index is 5.42. The minimum absolute atomic E-state index is 0.249. The zero-order valence-corrected chi connectivity index (χ0v) is 6.68. The highest BCUT2D eigenvalue weighted by molar-refractivity contribution is 4.72. The van der Waals surface area contributed by atoms with E-state index in [9.17, 15) is 0 Å². The second-order valence-corrected chi connectivity index (χ2v) is 3.15. The molecule has 0 aromatic carbocycles. The Bertz CT molecular complexity index is 91.3. The molecular weight excluding hydrogens is 126 g/mol. The predicted molar refractivity (Wildman–Crippen MR) is 41.8 cm³/mol. The van der Waals surface area contributed by atoms with E-state index in [2.05, 4.69) is 0 Å². The van der Waals surface area contributed by atoms with Crippen LogP contribution in [0.25, 0.3) is 0 Å². The number of ether oxygens (including phenoxy) is 1. The Kier molecular flexibility index (Phi) is 3.16. The van der Waals surface area contributed by atoms with Crippen molar-refractivity contribution in [2.45, 2.75) is 32.3 Å². The molecule has 1 fully saturated rings. The molecule has 0 radical (unpaired) electrons. The first-order valence-electron chi connectivity index (χ1n) is 4.14. The Balaban J connectivity index is 1.83. The van der Waals surface area contributed by atoms with Crippen LogP contribution in [0.3, 0.4) is 0 Å². The molecule has 0 amide bonds. The highest BCUT2D eigenvalue weighted by Crippen LogP contribution is 2.32. The highest BCUT2D eigenvalue weighted by atomic mass is 16.5. The lowest BCUT2D eigenvalue weighted by atomic mass is 10.3. The van der Waals surface area contributed by atoms with E-state index in [0.29, 0.717) is 6.54 Å². The van der Waals surface area contributed by atoms with E-state index < -0.39 is 0 Å². The fraction of sp³-hybridized carbons (Fsp3) is 1.00. The first-order valence-corrected chi connectivity index (χ1v) is 4.14. The van der Waals surface area contributed by atoms with Crippen molar-refractivity contribution < 1.29 is 4.74 Å². The van der Waals surface area contributed by atoms with Crippen molar-refractivity contribution in [1.29, 1.82) is 0 Å². The molecule has 10 heavy (non-hydrogen) atoms. The largest absolute Gasteiger partial charge is 0.377 e. The summed E-state index contributed by atoms with van der Waals surface area (Å²) in [6.45, 7) is 3.57. The van der Waals surface area contributed by atoms with Gasteiger partial charge in [-0.2, -0.15) is 0 Å². The van der Waals surface area contributed by atoms with E-state index in [-0.39, 0.29) is 6.10 Å². The molecule has 60 valence electrons. The van der Waals surface area contributed by atoms with Gasteiger partial charge >= 0.3 is 0 Å². The van der Waals surface area contributed by atoms with E-state index in [1.807, 2.05) is 6.92 Å². The van der Waals surface area contributed by atoms with Crippen LogP contribution in [-0.2, 0) is 4.74 Å². The van der Waals surface area contributed by atoms with Crippen LogP contribution in [0.15, 0.2) is 0 Å². The molecule has 0 aliphatic heterocycles. The van der Waals surface area contributed by atoms with Gasteiger partial charge in [-0.3, -0.25) is 0 Å². The topological polar surface area (TPSA) is 35.2 Å². The van der Waals surface area contributed by atoms with Gasteiger partial charge in [0.1, 0.15) is 0 Å². The average Bonchev–Trinajstić information content (AvgIpc) is 2.71. The van der Waals surface area contributed by atoms with Gasteiger partial charge in [-0.1, -0.05) is 12.8 Å². The third kappa shape index (κ3) is 3.18. The summed E-state index contributed by atoms with van der Waals surface area (Å²) in [5.74, 6) is 0.977. The van der Waals surface area contributed by atoms with Gasteiger partial charge in [0.2, 0.25) is 0 Å². The van der Waals surface area contributed by atoms with Crippen molar-refractivity contribution in [2.75, 3.05) is 13.2 Å². The van der Waals surface area contributed by atoms with Crippen LogP contribution in [0.2, 0.25) is 0 Å². The van der Waals surface area contributed by atoms with Gasteiger partial charge in [0.15, 0.2) is 0 Å². The molecular formula is C8H17NO. The predicted octanol–water partition coefficient (Wildman–Crippen LogP) is 1.15. The number of rotatable bonds is 5. The van der Waals surface area contributed by atoms with Crippen molar-refractivity contribution in [3.63, 3.8) is 0 Å². The summed E-state index contributed by atoms with van der Waals surface area (Å²) in [5.41, 5.74) is 5.38. The lowest BCUT2D eigenvalue weighted by Crippen LogP contribution is -2.20. The zero-order chi connectivity index (χ0) is 7.40. The summed E-state index contributed by atoms with van der Waals surface area (Å²) >= 11 is 0. The van der Waals surface area contributed by atoms with Crippen LogP contribution in [-0.4, -0.2) is 19.3 Å². The standard InChI is InChI=1S/C8H17NO/c1-7(6-9)10-5-4-8-2-3-8/h7-8H,2-6,9H2,1H3. The molecule has 1 saturated carbocycles. The molecule has 0 aromatic heterocycles. The van der Waals surface area contributed by atoms with E-state index >= 15 is 0 Å². The van der Waals surface area contributed by atoms with Gasteiger partial charge in [-0.15, -0.1) is 0 Å². The molecule has 1 rings (SSSR count). The molecule has 1 unspecified atom stereocenters. The van der Waals surface area contributed by atoms with Crippen LogP contribution in [0.4, 0.5) is 0 Å². The minimum Gasteiger partial charge on any atom is -0.377 e. The lowest BCUT2D eigenvalue weighted by Gasteiger charge is -2.08. The molecule has 1 aliphatic rings. The molecule has 1 atom stereocenters. The van der Waals surface area contributed by atoms with Gasteiger partial charge in [0.05, 0.1) is 6.10 Å². The Labute approximate surface area is 62.7 Å². The van der Waals surface area contributed by atoms with Crippen molar-refractivity contribution in [3.05, 3.63) is 0 Å². The van der Waals surface area contributed by atoms with E-state index in [4.69, 9.17) is 10.5 Å². The Morgan fingerprint density at radius 1 is 1.60 bits per heavy atom. The molecule has 1 aliphatic carbocycles. The smallest absolute Gasteiger partial charge is 0.0669 e. The second-order valence-electron chi connectivity index (χ2n) is 3.15. The number of nitrogens with two attached hydrogens (primary N) is 1. The molecule has 0 heterocycles. The quantitative estimate of drug-likeness (QED) is 0.626. The van der Waals surface area contributed by atoms with Crippen LogP contribution in [0.5, 0.6) is 0 Å². The van der Waals surface area contributed by atoms with Crippen molar-refractivity contribution in [1.82, 2.24) is 0 Å². The maximum atomic E-state index is 5.42. The average molecular weight is 143 g/mol. The third-order valence-corrected chi connectivity index (χ3v) is 1.96. The molecule has 0 saturated heterocycles. The van der Waals surface area contributed by atoms with E-state index in [1.54, 1.807) is 0 Å². The van der Waals surface area contributed by atoms with Crippen molar-refractivity contribution in [3.8, 4) is 0 Å². The third-order valence-electron chi connectivity index (χ3n) is 1.96. The maximum Gasteiger partial charge on any atom is 0.0669 e. The monoisotopic (exact) mass is 143 g/mol. The van der Waals surface area contributed by atoms with E-state index in [0.717, 1.165) is 12.5 Å². The SMILES string of the molecule is CC(CN)OCCC1CC1. The minimum atomic E-state index is 0.249. The molecule has 2 nitrogen and oxygen atoms in total. The van der Waals surface area contributed by atoms with Gasteiger partial charge in [-0.05, 0) is 19.3 Å². The summed E-state index contributed by atoms with van der Waals surface area (Å²) < 4.78 is 5.42. The van der Waals surface area contributed by atoms with Crippen molar-refractivity contribution >= 4 is 0 Å². The van der Waals surface area contributed by atoms with Gasteiger partial charge in [-0.25, -0.2) is 0 Å². The van der Waals surface area contributed by atoms with Crippen molar-refractivity contribution in [2.24, 2.45) is 11.7 Å². The Morgan fingerprint density at radius 3 is 2.80 bits per heavy atom. The molecule has 2 heteroatoms. The van der Waals surface area contributed by atoms with Crippen LogP contribution >= 0.6 is 0 Å². The Hall–Kier alpha value is -0.0800. The molecule has 0 spiro atoms. The summed E-state index contributed by atoms with van der Waals surface area (Å²) in [6.07, 6.45) is 4.32. The molecule has 0 aromatic rings.